The molecule has 8 heteroatoms. The molecule has 22 heavy (non-hydrogen) atoms. The SMILES string of the molecule is COCCN1C(=O)CS(=O)(=O)C12CCN(C(=O)C1CC1)CC2. The molecular formula is C14H22N2O5S. The first-order valence-corrected chi connectivity index (χ1v) is 9.37. The highest BCUT2D eigenvalue weighted by Crippen LogP contribution is 2.41. The molecule has 0 atom stereocenters. The van der Waals surface area contributed by atoms with Gasteiger partial charge >= 0.3 is 0 Å². The van der Waals surface area contributed by atoms with Crippen LogP contribution in [0.4, 0.5) is 0 Å². The Balaban J connectivity index is 1.77. The number of methoxy groups -OCH3 is 1. The zero-order valence-electron chi connectivity index (χ0n) is 12.8. The van der Waals surface area contributed by atoms with Crippen LogP contribution in [0.3, 0.4) is 0 Å². The normalized spacial score (nSPS) is 26.7. The molecule has 2 aliphatic heterocycles. The number of hydrogen-bond donors (Lipinski definition) is 0. The second kappa shape index (κ2) is 5.49. The summed E-state index contributed by atoms with van der Waals surface area (Å²) in [5, 5.41) is 0. The second-order valence-corrected chi connectivity index (χ2v) is 8.62. The summed E-state index contributed by atoms with van der Waals surface area (Å²) in [7, 11) is -1.98. The first-order chi connectivity index (χ1) is 10.4. The first kappa shape index (κ1) is 15.7. The number of carbonyl (C=O) groups excluding carboxylic acids is 2. The average Bonchev–Trinajstić information content (AvgIpc) is 3.28. The van der Waals surface area contributed by atoms with Crippen LogP contribution in [0.2, 0.25) is 0 Å². The van der Waals surface area contributed by atoms with Crippen LogP contribution < -0.4 is 0 Å². The van der Waals surface area contributed by atoms with Crippen molar-refractivity contribution in [2.75, 3.05) is 39.1 Å². The number of piperidine rings is 1. The summed E-state index contributed by atoms with van der Waals surface area (Å²) >= 11 is 0. The van der Waals surface area contributed by atoms with Crippen molar-refractivity contribution < 1.29 is 22.7 Å². The Morgan fingerprint density at radius 1 is 1.32 bits per heavy atom. The number of nitrogens with zero attached hydrogens (tertiary/aromatic N) is 2. The lowest BCUT2D eigenvalue weighted by atomic mass is 10.0. The van der Waals surface area contributed by atoms with Gasteiger partial charge in [-0.05, 0) is 12.8 Å². The van der Waals surface area contributed by atoms with Crippen LogP contribution in [0.1, 0.15) is 25.7 Å². The maximum absolute atomic E-state index is 12.5. The molecule has 0 radical (unpaired) electrons. The molecule has 1 spiro atoms. The molecule has 2 amide bonds. The largest absolute Gasteiger partial charge is 0.383 e. The quantitative estimate of drug-likeness (QED) is 0.701. The second-order valence-electron chi connectivity index (χ2n) is 6.34. The predicted molar refractivity (Wildman–Crippen MR) is 78.6 cm³/mol. The Hall–Kier alpha value is -1.15. The summed E-state index contributed by atoms with van der Waals surface area (Å²) in [5.74, 6) is -0.493. The predicted octanol–water partition coefficient (Wildman–Crippen LogP) is -0.381. The van der Waals surface area contributed by atoms with E-state index in [9.17, 15) is 18.0 Å². The maximum Gasteiger partial charge on any atom is 0.239 e. The highest BCUT2D eigenvalue weighted by atomic mass is 32.2. The average molecular weight is 330 g/mol. The van der Waals surface area contributed by atoms with Gasteiger partial charge in [0, 0.05) is 45.5 Å². The lowest BCUT2D eigenvalue weighted by molar-refractivity contribution is -0.136. The lowest BCUT2D eigenvalue weighted by Crippen LogP contribution is -2.57. The van der Waals surface area contributed by atoms with Crippen molar-refractivity contribution in [3.63, 3.8) is 0 Å². The standard InChI is InChI=1S/C14H22N2O5S/c1-21-9-8-16-12(17)10-22(19,20)14(16)4-6-15(7-5-14)13(18)11-2-3-11/h11H,2-10H2,1H3. The molecule has 0 aromatic rings. The molecule has 7 nitrogen and oxygen atoms in total. The van der Waals surface area contributed by atoms with E-state index < -0.39 is 20.5 Å². The summed E-state index contributed by atoms with van der Waals surface area (Å²) < 4.78 is 30.1. The minimum atomic E-state index is -3.51. The van der Waals surface area contributed by atoms with Crippen molar-refractivity contribution in [3.8, 4) is 0 Å². The summed E-state index contributed by atoms with van der Waals surface area (Å²) in [6.45, 7) is 1.41. The van der Waals surface area contributed by atoms with E-state index in [1.807, 2.05) is 0 Å². The molecule has 3 fully saturated rings. The van der Waals surface area contributed by atoms with Gasteiger partial charge in [-0.1, -0.05) is 0 Å². The molecule has 1 saturated carbocycles. The molecule has 2 saturated heterocycles. The number of hydrogen-bond acceptors (Lipinski definition) is 5. The van der Waals surface area contributed by atoms with Gasteiger partial charge in [0.2, 0.25) is 11.8 Å². The minimum Gasteiger partial charge on any atom is -0.383 e. The fourth-order valence-electron chi connectivity index (χ4n) is 3.53. The highest BCUT2D eigenvalue weighted by molar-refractivity contribution is 7.93. The van der Waals surface area contributed by atoms with E-state index in [-0.39, 0.29) is 24.3 Å². The van der Waals surface area contributed by atoms with E-state index in [0.29, 0.717) is 32.5 Å². The van der Waals surface area contributed by atoms with Gasteiger partial charge in [-0.25, -0.2) is 8.42 Å². The van der Waals surface area contributed by atoms with Crippen LogP contribution in [0.5, 0.6) is 0 Å². The number of rotatable bonds is 4. The Bertz CT molecular complexity index is 576. The third-order valence-corrected chi connectivity index (χ3v) is 7.40. The van der Waals surface area contributed by atoms with E-state index in [1.165, 1.54) is 12.0 Å². The van der Waals surface area contributed by atoms with Crippen molar-refractivity contribution in [3.05, 3.63) is 0 Å². The Morgan fingerprint density at radius 2 is 1.95 bits per heavy atom. The smallest absolute Gasteiger partial charge is 0.239 e. The van der Waals surface area contributed by atoms with Crippen LogP contribution in [0.25, 0.3) is 0 Å². The number of likely N-dealkylation sites (tertiary alicyclic amines) is 1. The molecule has 3 rings (SSSR count). The van der Waals surface area contributed by atoms with Gasteiger partial charge in [0.25, 0.3) is 0 Å². The van der Waals surface area contributed by atoms with Gasteiger partial charge < -0.3 is 14.5 Å². The van der Waals surface area contributed by atoms with Crippen molar-refractivity contribution >= 4 is 21.7 Å². The summed E-state index contributed by atoms with van der Waals surface area (Å²) in [4.78, 5) is 26.3. The monoisotopic (exact) mass is 330 g/mol. The summed E-state index contributed by atoms with van der Waals surface area (Å²) in [5.41, 5.74) is 0. The third-order valence-electron chi connectivity index (χ3n) is 4.99. The number of sulfone groups is 1. The van der Waals surface area contributed by atoms with Crippen LogP contribution in [0.15, 0.2) is 0 Å². The zero-order chi connectivity index (χ0) is 16.0. The van der Waals surface area contributed by atoms with Crippen molar-refractivity contribution in [1.82, 2.24) is 9.80 Å². The fourth-order valence-corrected chi connectivity index (χ4v) is 5.61. The van der Waals surface area contributed by atoms with Crippen LogP contribution in [0, 0.1) is 5.92 Å². The number of carbonyl (C=O) groups is 2. The summed E-state index contributed by atoms with van der Waals surface area (Å²) in [6.07, 6.45) is 2.50. The zero-order valence-corrected chi connectivity index (χ0v) is 13.6. The van der Waals surface area contributed by atoms with Gasteiger partial charge in [0.1, 0.15) is 10.6 Å². The van der Waals surface area contributed by atoms with Gasteiger partial charge in [0.15, 0.2) is 9.84 Å². The van der Waals surface area contributed by atoms with Crippen molar-refractivity contribution in [1.29, 1.82) is 0 Å². The Labute approximate surface area is 130 Å². The van der Waals surface area contributed by atoms with Gasteiger partial charge in [-0.15, -0.1) is 0 Å². The molecule has 0 unspecified atom stereocenters. The molecule has 0 aromatic carbocycles. The highest BCUT2D eigenvalue weighted by Gasteiger charge is 2.58. The van der Waals surface area contributed by atoms with Crippen molar-refractivity contribution in [2.45, 2.75) is 30.6 Å². The molecule has 2 heterocycles. The van der Waals surface area contributed by atoms with Crippen molar-refractivity contribution in [2.24, 2.45) is 5.92 Å². The fraction of sp³-hybridized carbons (Fsp3) is 0.857. The van der Waals surface area contributed by atoms with E-state index in [4.69, 9.17) is 4.74 Å². The molecule has 3 aliphatic rings. The van der Waals surface area contributed by atoms with Crippen LogP contribution >= 0.6 is 0 Å². The van der Waals surface area contributed by atoms with E-state index in [2.05, 4.69) is 0 Å². The number of ether oxygens (including phenoxy) is 1. The number of amides is 2. The van der Waals surface area contributed by atoms with Gasteiger partial charge in [-0.3, -0.25) is 9.59 Å². The van der Waals surface area contributed by atoms with Crippen LogP contribution in [-0.4, -0.2) is 74.0 Å². The topological polar surface area (TPSA) is 84.0 Å². The summed E-state index contributed by atoms with van der Waals surface area (Å²) in [6, 6.07) is 0. The van der Waals surface area contributed by atoms with Crippen LogP contribution in [-0.2, 0) is 24.2 Å². The Kier molecular flexibility index (Phi) is 3.92. The minimum absolute atomic E-state index is 0.139. The third kappa shape index (κ3) is 2.42. The van der Waals surface area contributed by atoms with Gasteiger partial charge in [-0.2, -0.15) is 0 Å². The molecule has 0 aromatic heterocycles. The maximum atomic E-state index is 12.5. The van der Waals surface area contributed by atoms with E-state index in [1.54, 1.807) is 4.90 Å². The molecule has 124 valence electrons. The molecule has 1 aliphatic carbocycles. The first-order valence-electron chi connectivity index (χ1n) is 7.72. The van der Waals surface area contributed by atoms with E-state index >= 15 is 0 Å². The molecular weight excluding hydrogens is 308 g/mol. The lowest BCUT2D eigenvalue weighted by Gasteiger charge is -2.43. The molecule has 0 N–H and O–H groups in total. The van der Waals surface area contributed by atoms with Gasteiger partial charge in [0.05, 0.1) is 6.61 Å². The molecule has 0 bridgehead atoms. The Morgan fingerprint density at radius 3 is 2.50 bits per heavy atom. The van der Waals surface area contributed by atoms with E-state index in [0.717, 1.165) is 12.8 Å².